The van der Waals surface area contributed by atoms with Crippen LogP contribution in [-0.2, 0) is 11.3 Å². The van der Waals surface area contributed by atoms with E-state index >= 15 is 0 Å². The van der Waals surface area contributed by atoms with E-state index in [9.17, 15) is 4.79 Å². The number of carbonyl (C=O) groups excluding carboxylic acids is 1. The maximum Gasteiger partial charge on any atom is 0.231 e. The van der Waals surface area contributed by atoms with Gasteiger partial charge in [0.05, 0.1) is 5.69 Å². The van der Waals surface area contributed by atoms with Crippen LogP contribution in [0.2, 0.25) is 0 Å². The van der Waals surface area contributed by atoms with Crippen molar-refractivity contribution in [2.75, 3.05) is 19.9 Å². The lowest BCUT2D eigenvalue weighted by atomic mass is 10.0. The van der Waals surface area contributed by atoms with E-state index in [1.807, 2.05) is 18.2 Å². The molecule has 5 rings (SSSR count). The number of amides is 1. The molecule has 0 bridgehead atoms. The summed E-state index contributed by atoms with van der Waals surface area (Å²) in [6.07, 6.45) is 7.82. The van der Waals surface area contributed by atoms with Gasteiger partial charge in [0.2, 0.25) is 12.7 Å². The minimum absolute atomic E-state index is 0.258. The van der Waals surface area contributed by atoms with Gasteiger partial charge in [-0.1, -0.05) is 12.8 Å². The molecular weight excluding hydrogens is 398 g/mol. The number of nitrogens with zero attached hydrogens (tertiary/aromatic N) is 2. The molecule has 2 aliphatic heterocycles. The summed E-state index contributed by atoms with van der Waals surface area (Å²) in [5.74, 6) is 2.47. The number of ether oxygens (including phenoxy) is 2. The second kappa shape index (κ2) is 8.94. The third-order valence-electron chi connectivity index (χ3n) is 6.46. The molecule has 3 heterocycles. The number of likely N-dealkylation sites (tertiary alicyclic amines) is 1. The van der Waals surface area contributed by atoms with Gasteiger partial charge >= 0.3 is 0 Å². The molecule has 1 saturated heterocycles. The van der Waals surface area contributed by atoms with Gasteiger partial charge in [-0.2, -0.15) is 0 Å². The van der Waals surface area contributed by atoms with E-state index in [1.165, 1.54) is 25.7 Å². The molecule has 3 aliphatic rings. The van der Waals surface area contributed by atoms with Crippen molar-refractivity contribution in [3.8, 4) is 22.1 Å². The van der Waals surface area contributed by atoms with Crippen LogP contribution < -0.4 is 14.8 Å². The highest BCUT2D eigenvalue weighted by atomic mass is 32.1. The second-order valence-electron chi connectivity index (χ2n) is 8.68. The van der Waals surface area contributed by atoms with Gasteiger partial charge in [0.25, 0.3) is 0 Å². The van der Waals surface area contributed by atoms with E-state index in [0.717, 1.165) is 66.7 Å². The molecule has 6 nitrogen and oxygen atoms in total. The lowest BCUT2D eigenvalue weighted by Crippen LogP contribution is -2.44. The number of carbonyl (C=O) groups is 1. The van der Waals surface area contributed by atoms with Crippen LogP contribution >= 0.6 is 11.3 Å². The zero-order valence-electron chi connectivity index (χ0n) is 17.3. The fraction of sp³-hybridized carbons (Fsp3) is 0.565. The molecule has 7 heteroatoms. The van der Waals surface area contributed by atoms with Gasteiger partial charge in [0, 0.05) is 43.0 Å². The van der Waals surface area contributed by atoms with Crippen LogP contribution in [0.15, 0.2) is 23.6 Å². The number of aromatic nitrogens is 1. The molecule has 0 spiro atoms. The summed E-state index contributed by atoms with van der Waals surface area (Å²) in [6.45, 7) is 3.17. The highest BCUT2D eigenvalue weighted by Gasteiger charge is 2.24. The number of hydrogen-bond donors (Lipinski definition) is 1. The van der Waals surface area contributed by atoms with E-state index < -0.39 is 0 Å². The van der Waals surface area contributed by atoms with Crippen LogP contribution in [0.3, 0.4) is 0 Å². The van der Waals surface area contributed by atoms with Crippen molar-refractivity contribution in [2.24, 2.45) is 5.92 Å². The lowest BCUT2D eigenvalue weighted by molar-refractivity contribution is -0.123. The number of rotatable bonds is 6. The topological polar surface area (TPSA) is 63.7 Å². The van der Waals surface area contributed by atoms with Gasteiger partial charge in [-0.05, 0) is 49.8 Å². The smallest absolute Gasteiger partial charge is 0.231 e. The van der Waals surface area contributed by atoms with Crippen molar-refractivity contribution >= 4 is 17.2 Å². The van der Waals surface area contributed by atoms with Gasteiger partial charge in [0.1, 0.15) is 5.01 Å². The Morgan fingerprint density at radius 2 is 1.93 bits per heavy atom. The minimum Gasteiger partial charge on any atom is -0.454 e. The Labute approximate surface area is 181 Å². The molecular formula is C23H29N3O3S. The summed E-state index contributed by atoms with van der Waals surface area (Å²) < 4.78 is 10.9. The van der Waals surface area contributed by atoms with Crippen molar-refractivity contribution in [1.82, 2.24) is 15.2 Å². The molecule has 1 aliphatic carbocycles. The molecule has 1 amide bonds. The number of piperidine rings is 1. The Morgan fingerprint density at radius 1 is 1.13 bits per heavy atom. The minimum atomic E-state index is 0.258. The summed E-state index contributed by atoms with van der Waals surface area (Å²) in [6, 6.07) is 6.32. The normalized spacial score (nSPS) is 20.0. The fourth-order valence-corrected chi connectivity index (χ4v) is 5.58. The Balaban J connectivity index is 1.10. The largest absolute Gasteiger partial charge is 0.454 e. The summed E-state index contributed by atoms with van der Waals surface area (Å²) in [7, 11) is 0. The van der Waals surface area contributed by atoms with Gasteiger partial charge in [-0.25, -0.2) is 4.98 Å². The van der Waals surface area contributed by atoms with E-state index in [1.54, 1.807) is 11.3 Å². The molecule has 160 valence electrons. The highest BCUT2D eigenvalue weighted by molar-refractivity contribution is 7.13. The maximum absolute atomic E-state index is 12.3. The van der Waals surface area contributed by atoms with Crippen molar-refractivity contribution in [1.29, 1.82) is 0 Å². The second-order valence-corrected chi connectivity index (χ2v) is 9.54. The van der Waals surface area contributed by atoms with Crippen LogP contribution in [0.25, 0.3) is 10.6 Å². The monoisotopic (exact) mass is 427 g/mol. The lowest BCUT2D eigenvalue weighted by Gasteiger charge is -2.32. The third-order valence-corrected chi connectivity index (χ3v) is 7.40. The molecule has 0 unspecified atom stereocenters. The molecule has 1 aromatic heterocycles. The van der Waals surface area contributed by atoms with Gasteiger partial charge in [-0.15, -0.1) is 11.3 Å². The summed E-state index contributed by atoms with van der Waals surface area (Å²) >= 11 is 1.67. The first-order valence-corrected chi connectivity index (χ1v) is 12.0. The predicted octanol–water partition coefficient (Wildman–Crippen LogP) is 4.20. The number of nitrogens with one attached hydrogen (secondary N) is 1. The average Bonchev–Trinajstić information content (AvgIpc) is 3.50. The molecule has 1 saturated carbocycles. The molecule has 1 N–H and O–H groups in total. The number of thiazole rings is 1. The van der Waals surface area contributed by atoms with Crippen molar-refractivity contribution in [3.63, 3.8) is 0 Å². The summed E-state index contributed by atoms with van der Waals surface area (Å²) in [4.78, 5) is 19.6. The van der Waals surface area contributed by atoms with Crippen LogP contribution in [0.5, 0.6) is 11.5 Å². The Kier molecular flexibility index (Phi) is 5.91. The van der Waals surface area contributed by atoms with Crippen LogP contribution in [0.4, 0.5) is 0 Å². The van der Waals surface area contributed by atoms with E-state index in [2.05, 4.69) is 15.6 Å². The molecule has 2 aromatic rings. The van der Waals surface area contributed by atoms with Crippen LogP contribution in [0, 0.1) is 5.92 Å². The zero-order valence-corrected chi connectivity index (χ0v) is 18.1. The molecule has 2 fully saturated rings. The van der Waals surface area contributed by atoms with Crippen molar-refractivity contribution in [3.05, 3.63) is 29.3 Å². The van der Waals surface area contributed by atoms with Crippen molar-refractivity contribution in [2.45, 2.75) is 57.5 Å². The maximum atomic E-state index is 12.3. The first kappa shape index (κ1) is 19.8. The van der Waals surface area contributed by atoms with Crippen molar-refractivity contribution < 1.29 is 14.3 Å². The Hall–Kier alpha value is -2.12. The standard InChI is InChI=1S/C23H29N3O3S/c27-22(11-16-3-1-2-4-16)24-18-7-9-26(10-8-18)13-19-14-30-23(25-19)17-5-6-20-21(12-17)29-15-28-20/h5-6,12,14,16,18H,1-4,7-11,13,15H2,(H,24,27). The van der Waals surface area contributed by atoms with Crippen LogP contribution in [0.1, 0.15) is 50.6 Å². The number of benzene rings is 1. The molecule has 0 radical (unpaired) electrons. The molecule has 1 aromatic carbocycles. The predicted molar refractivity (Wildman–Crippen MR) is 117 cm³/mol. The summed E-state index contributed by atoms with van der Waals surface area (Å²) in [5.41, 5.74) is 2.18. The summed E-state index contributed by atoms with van der Waals surface area (Å²) in [5, 5.41) is 6.43. The molecule has 0 atom stereocenters. The van der Waals surface area contributed by atoms with E-state index in [-0.39, 0.29) is 5.91 Å². The van der Waals surface area contributed by atoms with Gasteiger partial charge in [0.15, 0.2) is 11.5 Å². The number of fused-ring (bicyclic) bond motifs is 1. The first-order valence-electron chi connectivity index (χ1n) is 11.1. The highest BCUT2D eigenvalue weighted by Crippen LogP contribution is 2.36. The third kappa shape index (κ3) is 4.62. The Bertz CT molecular complexity index is 886. The van der Waals surface area contributed by atoms with Gasteiger partial charge < -0.3 is 14.8 Å². The van der Waals surface area contributed by atoms with Crippen LogP contribution in [-0.4, -0.2) is 41.7 Å². The zero-order chi connectivity index (χ0) is 20.3. The number of hydrogen-bond acceptors (Lipinski definition) is 6. The van der Waals surface area contributed by atoms with E-state index in [0.29, 0.717) is 18.8 Å². The Morgan fingerprint density at radius 3 is 2.77 bits per heavy atom. The average molecular weight is 428 g/mol. The SMILES string of the molecule is O=C(CC1CCCC1)NC1CCN(Cc2csc(-c3ccc4c(c3)OCO4)n2)CC1. The molecule has 30 heavy (non-hydrogen) atoms. The van der Waals surface area contributed by atoms with Gasteiger partial charge in [-0.3, -0.25) is 9.69 Å². The first-order chi connectivity index (χ1) is 14.7. The van der Waals surface area contributed by atoms with E-state index in [4.69, 9.17) is 14.5 Å². The fourth-order valence-electron chi connectivity index (χ4n) is 4.77. The quantitative estimate of drug-likeness (QED) is 0.749.